The van der Waals surface area contributed by atoms with Crippen LogP contribution in [-0.4, -0.2) is 53.8 Å². The van der Waals surface area contributed by atoms with Crippen molar-refractivity contribution in [2.45, 2.75) is 18.7 Å². The molecule has 0 aromatic heterocycles. The van der Waals surface area contributed by atoms with Gasteiger partial charge in [0, 0.05) is 12.3 Å². The topological polar surface area (TPSA) is 78.4 Å². The Bertz CT molecular complexity index is 308. The SMILES string of the molecule is CSCC(C)(O)CNC(=O)C(=O)NCC(F)(F)F. The van der Waals surface area contributed by atoms with Gasteiger partial charge < -0.3 is 15.7 Å². The van der Waals surface area contributed by atoms with Crippen LogP contribution in [0.15, 0.2) is 0 Å². The van der Waals surface area contributed by atoms with Crippen molar-refractivity contribution in [1.29, 1.82) is 0 Å². The van der Waals surface area contributed by atoms with E-state index in [-0.39, 0.29) is 6.54 Å². The Balaban J connectivity index is 4.06. The highest BCUT2D eigenvalue weighted by atomic mass is 32.2. The minimum absolute atomic E-state index is 0.216. The number of nitrogens with one attached hydrogen (secondary N) is 2. The summed E-state index contributed by atoms with van der Waals surface area (Å²) in [5.74, 6) is -2.27. The van der Waals surface area contributed by atoms with Crippen LogP contribution in [0.2, 0.25) is 0 Å². The Morgan fingerprint density at radius 2 is 1.61 bits per heavy atom. The van der Waals surface area contributed by atoms with Crippen LogP contribution >= 0.6 is 11.8 Å². The van der Waals surface area contributed by atoms with Crippen LogP contribution in [0.5, 0.6) is 0 Å². The highest BCUT2D eigenvalue weighted by molar-refractivity contribution is 7.98. The Kier molecular flexibility index (Phi) is 6.47. The molecule has 0 aromatic rings. The van der Waals surface area contributed by atoms with E-state index in [1.807, 2.05) is 0 Å². The number of alkyl halides is 3. The van der Waals surface area contributed by atoms with E-state index in [2.05, 4.69) is 5.32 Å². The Morgan fingerprint density at radius 1 is 1.17 bits per heavy atom. The van der Waals surface area contributed by atoms with E-state index in [1.54, 1.807) is 6.26 Å². The van der Waals surface area contributed by atoms with Crippen molar-refractivity contribution >= 4 is 23.6 Å². The molecule has 18 heavy (non-hydrogen) atoms. The van der Waals surface area contributed by atoms with Gasteiger partial charge in [-0.15, -0.1) is 0 Å². The molecule has 0 heterocycles. The van der Waals surface area contributed by atoms with Crippen LogP contribution in [0.3, 0.4) is 0 Å². The molecule has 0 saturated heterocycles. The number of aliphatic hydroxyl groups is 1. The second kappa shape index (κ2) is 6.83. The van der Waals surface area contributed by atoms with Crippen LogP contribution in [0.25, 0.3) is 0 Å². The fraction of sp³-hybridized carbons (Fsp3) is 0.778. The number of carbonyl (C=O) groups is 2. The monoisotopic (exact) mass is 288 g/mol. The molecule has 3 N–H and O–H groups in total. The number of halogens is 3. The molecule has 2 amide bonds. The van der Waals surface area contributed by atoms with Gasteiger partial charge in [-0.1, -0.05) is 0 Å². The fourth-order valence-corrected chi connectivity index (χ4v) is 1.70. The quantitative estimate of drug-likeness (QED) is 0.617. The third-order valence-corrected chi connectivity index (χ3v) is 2.65. The van der Waals surface area contributed by atoms with Gasteiger partial charge >= 0.3 is 18.0 Å². The average Bonchev–Trinajstić information content (AvgIpc) is 2.21. The lowest BCUT2D eigenvalue weighted by Crippen LogP contribution is -2.48. The lowest BCUT2D eigenvalue weighted by molar-refractivity contribution is -0.146. The van der Waals surface area contributed by atoms with Gasteiger partial charge in [-0.25, -0.2) is 0 Å². The third-order valence-electron chi connectivity index (χ3n) is 1.74. The molecule has 0 fully saturated rings. The maximum Gasteiger partial charge on any atom is 0.405 e. The molecule has 1 unspecified atom stereocenters. The minimum atomic E-state index is -4.57. The maximum absolute atomic E-state index is 11.8. The lowest BCUT2D eigenvalue weighted by atomic mass is 10.1. The fourth-order valence-electron chi connectivity index (χ4n) is 0.974. The second-order valence-corrected chi connectivity index (χ2v) is 4.78. The maximum atomic E-state index is 11.8. The molecular formula is C9H15F3N2O3S. The molecule has 0 spiro atoms. The summed E-state index contributed by atoms with van der Waals surface area (Å²) in [6.45, 7) is -0.343. The predicted molar refractivity (Wildman–Crippen MR) is 61.1 cm³/mol. The summed E-state index contributed by atoms with van der Waals surface area (Å²) in [6.07, 6.45) is -2.83. The first-order valence-electron chi connectivity index (χ1n) is 4.91. The highest BCUT2D eigenvalue weighted by Crippen LogP contribution is 2.12. The molecule has 5 nitrogen and oxygen atoms in total. The van der Waals surface area contributed by atoms with E-state index >= 15 is 0 Å². The van der Waals surface area contributed by atoms with Crippen LogP contribution in [0.1, 0.15) is 6.92 Å². The van der Waals surface area contributed by atoms with Gasteiger partial charge in [0.25, 0.3) is 0 Å². The third kappa shape index (κ3) is 8.18. The van der Waals surface area contributed by atoms with E-state index < -0.39 is 30.1 Å². The summed E-state index contributed by atoms with van der Waals surface area (Å²) < 4.78 is 35.3. The standard InChI is InChI=1S/C9H15F3N2O3S/c1-8(17,5-18-2)3-13-6(15)7(16)14-4-9(10,11)12/h17H,3-5H2,1-2H3,(H,13,15)(H,14,16). The van der Waals surface area contributed by atoms with Gasteiger partial charge in [0.15, 0.2) is 0 Å². The summed E-state index contributed by atoms with van der Waals surface area (Å²) in [4.78, 5) is 22.1. The van der Waals surface area contributed by atoms with Gasteiger partial charge in [-0.05, 0) is 13.2 Å². The highest BCUT2D eigenvalue weighted by Gasteiger charge is 2.29. The van der Waals surface area contributed by atoms with E-state index in [0.717, 1.165) is 0 Å². The number of rotatable bonds is 5. The largest absolute Gasteiger partial charge is 0.405 e. The summed E-state index contributed by atoms with van der Waals surface area (Å²) in [5, 5.41) is 13.1. The number of carbonyl (C=O) groups excluding carboxylic acids is 2. The molecule has 0 rings (SSSR count). The van der Waals surface area contributed by atoms with Gasteiger partial charge in [0.05, 0.1) is 5.60 Å². The number of hydrogen-bond donors (Lipinski definition) is 3. The first-order valence-corrected chi connectivity index (χ1v) is 6.31. The van der Waals surface area contributed by atoms with Crippen LogP contribution in [0, 0.1) is 0 Å². The van der Waals surface area contributed by atoms with Crippen molar-refractivity contribution in [3.8, 4) is 0 Å². The van der Waals surface area contributed by atoms with Gasteiger partial charge in [-0.3, -0.25) is 9.59 Å². The van der Waals surface area contributed by atoms with Gasteiger partial charge in [0.2, 0.25) is 0 Å². The molecular weight excluding hydrogens is 273 g/mol. The van der Waals surface area contributed by atoms with E-state index in [4.69, 9.17) is 0 Å². The average molecular weight is 288 g/mol. The van der Waals surface area contributed by atoms with Crippen molar-refractivity contribution in [2.24, 2.45) is 0 Å². The molecule has 0 radical (unpaired) electrons. The molecule has 106 valence electrons. The zero-order valence-corrected chi connectivity index (χ0v) is 10.7. The van der Waals surface area contributed by atoms with E-state index in [0.29, 0.717) is 5.75 Å². The van der Waals surface area contributed by atoms with Gasteiger partial charge in [0.1, 0.15) is 6.54 Å². The molecule has 0 saturated carbocycles. The minimum Gasteiger partial charge on any atom is -0.387 e. The molecule has 0 bridgehead atoms. The summed E-state index contributed by atoms with van der Waals surface area (Å²) in [5.41, 5.74) is -1.22. The molecule has 0 aliphatic carbocycles. The van der Waals surface area contributed by atoms with Crippen LogP contribution in [0.4, 0.5) is 13.2 Å². The number of thioether (sulfide) groups is 1. The Hall–Kier alpha value is -0.960. The molecule has 1 atom stereocenters. The second-order valence-electron chi connectivity index (χ2n) is 3.91. The Morgan fingerprint density at radius 3 is 2.00 bits per heavy atom. The zero-order valence-electron chi connectivity index (χ0n) is 9.93. The van der Waals surface area contributed by atoms with Crippen LogP contribution < -0.4 is 10.6 Å². The Labute approximate surface area is 106 Å². The van der Waals surface area contributed by atoms with Crippen molar-refractivity contribution in [3.05, 3.63) is 0 Å². The van der Waals surface area contributed by atoms with Crippen molar-refractivity contribution < 1.29 is 27.9 Å². The normalized spacial score (nSPS) is 14.8. The lowest BCUT2D eigenvalue weighted by Gasteiger charge is -2.22. The van der Waals surface area contributed by atoms with E-state index in [9.17, 15) is 27.9 Å². The first-order chi connectivity index (χ1) is 8.07. The van der Waals surface area contributed by atoms with Crippen molar-refractivity contribution in [1.82, 2.24) is 10.6 Å². The predicted octanol–water partition coefficient (Wildman–Crippen LogP) is -0.105. The summed E-state index contributed by atoms with van der Waals surface area (Å²) in [7, 11) is 0. The first kappa shape index (κ1) is 17.0. The molecule has 0 aliphatic rings. The summed E-state index contributed by atoms with van der Waals surface area (Å²) >= 11 is 1.33. The smallest absolute Gasteiger partial charge is 0.387 e. The zero-order chi connectivity index (χ0) is 14.4. The molecule has 0 aromatic carbocycles. The number of amides is 2. The molecule has 9 heteroatoms. The van der Waals surface area contributed by atoms with Crippen LogP contribution in [-0.2, 0) is 9.59 Å². The van der Waals surface area contributed by atoms with Crippen molar-refractivity contribution in [2.75, 3.05) is 25.1 Å². The van der Waals surface area contributed by atoms with Crippen molar-refractivity contribution in [3.63, 3.8) is 0 Å². The molecule has 0 aliphatic heterocycles. The van der Waals surface area contributed by atoms with Gasteiger partial charge in [-0.2, -0.15) is 24.9 Å². The van der Waals surface area contributed by atoms with E-state index in [1.165, 1.54) is 24.0 Å². The number of hydrogen-bond acceptors (Lipinski definition) is 4. The summed E-state index contributed by atoms with van der Waals surface area (Å²) in [6, 6.07) is 0.